The van der Waals surface area contributed by atoms with E-state index in [-0.39, 0.29) is 0 Å². The van der Waals surface area contributed by atoms with E-state index in [9.17, 15) is 0 Å². The molecule has 0 unspecified atom stereocenters. The monoisotopic (exact) mass is 208 g/mol. The van der Waals surface area contributed by atoms with Gasteiger partial charge in [-0.05, 0) is 24.1 Å². The summed E-state index contributed by atoms with van der Waals surface area (Å²) in [5.74, 6) is 1.59. The van der Waals surface area contributed by atoms with Crippen LogP contribution in [-0.4, -0.2) is 15.8 Å². The summed E-state index contributed by atoms with van der Waals surface area (Å²) < 4.78 is 0. The number of benzene rings is 1. The fraction of sp³-hybridized carbons (Fsp3) is 0.364. The largest absolute Gasteiger partial charge is 0.342 e. The molecule has 0 saturated carbocycles. The molecule has 0 saturated heterocycles. The van der Waals surface area contributed by atoms with Gasteiger partial charge in [-0.3, -0.25) is 0 Å². The molecule has 0 radical (unpaired) electrons. The highest BCUT2D eigenvalue weighted by Crippen LogP contribution is 2.14. The van der Waals surface area contributed by atoms with Gasteiger partial charge in [0.25, 0.3) is 0 Å². The minimum Gasteiger partial charge on any atom is -0.342 e. The lowest BCUT2D eigenvalue weighted by Crippen LogP contribution is -1.87. The number of hydrogen-bond donors (Lipinski definition) is 1. The molecule has 0 bridgehead atoms. The van der Waals surface area contributed by atoms with Crippen molar-refractivity contribution in [2.75, 3.05) is 5.88 Å². The summed E-state index contributed by atoms with van der Waals surface area (Å²) in [4.78, 5) is 7.71. The first-order chi connectivity index (χ1) is 6.83. The summed E-state index contributed by atoms with van der Waals surface area (Å²) in [6.45, 7) is 2.15. The van der Waals surface area contributed by atoms with Crippen molar-refractivity contribution in [1.82, 2.24) is 9.97 Å². The molecule has 2 rings (SSSR count). The highest BCUT2D eigenvalue weighted by atomic mass is 35.5. The first kappa shape index (κ1) is 9.53. The number of alkyl halides is 1. The molecule has 3 heteroatoms. The molecular formula is C11H13ClN2. The highest BCUT2D eigenvalue weighted by molar-refractivity contribution is 6.17. The van der Waals surface area contributed by atoms with Gasteiger partial charge in [-0.25, -0.2) is 4.98 Å². The lowest BCUT2D eigenvalue weighted by Gasteiger charge is -1.93. The van der Waals surface area contributed by atoms with Gasteiger partial charge in [-0.15, -0.1) is 11.6 Å². The van der Waals surface area contributed by atoms with Crippen molar-refractivity contribution < 1.29 is 0 Å². The molecular weight excluding hydrogens is 196 g/mol. The van der Waals surface area contributed by atoms with Crippen LogP contribution in [0, 0.1) is 0 Å². The zero-order valence-electron chi connectivity index (χ0n) is 8.18. The summed E-state index contributed by atoms with van der Waals surface area (Å²) in [6, 6.07) is 6.33. The van der Waals surface area contributed by atoms with Gasteiger partial charge in [0.15, 0.2) is 0 Å². The molecule has 2 aromatic rings. The van der Waals surface area contributed by atoms with Crippen molar-refractivity contribution >= 4 is 22.6 Å². The fourth-order valence-electron chi connectivity index (χ4n) is 1.54. The summed E-state index contributed by atoms with van der Waals surface area (Å²) in [6.07, 6.45) is 1.86. The first-order valence-electron chi connectivity index (χ1n) is 4.87. The number of imidazole rings is 1. The molecule has 1 aromatic heterocycles. The Morgan fingerprint density at radius 3 is 3.00 bits per heavy atom. The molecule has 0 aliphatic heterocycles. The van der Waals surface area contributed by atoms with Gasteiger partial charge >= 0.3 is 0 Å². The maximum Gasteiger partial charge on any atom is 0.108 e. The molecule has 1 heterocycles. The fourth-order valence-corrected chi connectivity index (χ4v) is 1.72. The van der Waals surface area contributed by atoms with E-state index in [1.807, 2.05) is 0 Å². The van der Waals surface area contributed by atoms with Crippen molar-refractivity contribution in [2.24, 2.45) is 0 Å². The third kappa shape index (κ3) is 1.75. The van der Waals surface area contributed by atoms with Crippen LogP contribution in [0.25, 0.3) is 11.0 Å². The van der Waals surface area contributed by atoms with Crippen LogP contribution in [-0.2, 0) is 12.8 Å². The van der Waals surface area contributed by atoms with Gasteiger partial charge in [-0.1, -0.05) is 13.0 Å². The molecule has 0 spiro atoms. The Labute approximate surface area is 88.3 Å². The molecule has 1 aromatic carbocycles. The maximum absolute atomic E-state index is 5.66. The number of halogens is 1. The molecule has 2 nitrogen and oxygen atoms in total. The summed E-state index contributed by atoms with van der Waals surface area (Å²) in [7, 11) is 0. The Morgan fingerprint density at radius 2 is 2.29 bits per heavy atom. The van der Waals surface area contributed by atoms with Crippen LogP contribution in [0.2, 0.25) is 0 Å². The molecule has 1 N–H and O–H groups in total. The molecule has 0 aliphatic rings. The molecule has 0 amide bonds. The van der Waals surface area contributed by atoms with E-state index >= 15 is 0 Å². The maximum atomic E-state index is 5.66. The van der Waals surface area contributed by atoms with Gasteiger partial charge in [0.2, 0.25) is 0 Å². The Kier molecular flexibility index (Phi) is 2.73. The smallest absolute Gasteiger partial charge is 0.108 e. The Bertz CT molecular complexity index is 434. The Hall–Kier alpha value is -1.02. The van der Waals surface area contributed by atoms with Gasteiger partial charge in [0.1, 0.15) is 5.82 Å². The van der Waals surface area contributed by atoms with Crippen molar-refractivity contribution in [1.29, 1.82) is 0 Å². The number of aromatic amines is 1. The van der Waals surface area contributed by atoms with Crippen LogP contribution in [0.3, 0.4) is 0 Å². The topological polar surface area (TPSA) is 28.7 Å². The van der Waals surface area contributed by atoms with E-state index in [0.29, 0.717) is 5.88 Å². The summed E-state index contributed by atoms with van der Waals surface area (Å²) in [5.41, 5.74) is 3.48. The standard InChI is InChI=1S/C11H13ClN2/c1-2-8-3-4-9-10(7-8)14-11(13-9)5-6-12/h3-4,7H,2,5-6H2,1H3,(H,13,14). The van der Waals surface area contributed by atoms with E-state index in [0.717, 1.165) is 29.7 Å². The normalized spacial score (nSPS) is 11.0. The van der Waals surface area contributed by atoms with Crippen molar-refractivity contribution in [3.05, 3.63) is 29.6 Å². The third-order valence-corrected chi connectivity index (χ3v) is 2.52. The number of fused-ring (bicyclic) bond motifs is 1. The molecule has 0 aliphatic carbocycles. The number of aromatic nitrogens is 2. The highest BCUT2D eigenvalue weighted by Gasteiger charge is 2.02. The quantitative estimate of drug-likeness (QED) is 0.773. The molecule has 74 valence electrons. The second kappa shape index (κ2) is 4.01. The summed E-state index contributed by atoms with van der Waals surface area (Å²) in [5, 5.41) is 0. The van der Waals surface area contributed by atoms with E-state index in [1.165, 1.54) is 5.56 Å². The van der Waals surface area contributed by atoms with Crippen molar-refractivity contribution in [3.8, 4) is 0 Å². The van der Waals surface area contributed by atoms with Crippen LogP contribution >= 0.6 is 11.6 Å². The predicted molar refractivity (Wildman–Crippen MR) is 59.9 cm³/mol. The zero-order valence-corrected chi connectivity index (χ0v) is 8.93. The second-order valence-electron chi connectivity index (χ2n) is 3.33. The third-order valence-electron chi connectivity index (χ3n) is 2.33. The zero-order chi connectivity index (χ0) is 9.97. The van der Waals surface area contributed by atoms with E-state index in [2.05, 4.69) is 35.1 Å². The van der Waals surface area contributed by atoms with E-state index < -0.39 is 0 Å². The minimum absolute atomic E-state index is 0.612. The van der Waals surface area contributed by atoms with Crippen LogP contribution in [0.5, 0.6) is 0 Å². The van der Waals surface area contributed by atoms with Crippen molar-refractivity contribution in [2.45, 2.75) is 19.8 Å². The Morgan fingerprint density at radius 1 is 1.43 bits per heavy atom. The summed E-state index contributed by atoms with van der Waals surface area (Å²) >= 11 is 5.66. The SMILES string of the molecule is CCc1ccc2nc(CCCl)[nH]c2c1. The average Bonchev–Trinajstić information content (AvgIpc) is 2.59. The average molecular weight is 209 g/mol. The second-order valence-corrected chi connectivity index (χ2v) is 3.71. The van der Waals surface area contributed by atoms with Crippen LogP contribution < -0.4 is 0 Å². The first-order valence-corrected chi connectivity index (χ1v) is 5.40. The van der Waals surface area contributed by atoms with Crippen molar-refractivity contribution in [3.63, 3.8) is 0 Å². The number of H-pyrrole nitrogens is 1. The number of rotatable bonds is 3. The molecule has 0 atom stereocenters. The van der Waals surface area contributed by atoms with Gasteiger partial charge < -0.3 is 4.98 Å². The number of nitrogens with zero attached hydrogens (tertiary/aromatic N) is 1. The Balaban J connectivity index is 2.43. The van der Waals surface area contributed by atoms with Gasteiger partial charge in [-0.2, -0.15) is 0 Å². The number of hydrogen-bond acceptors (Lipinski definition) is 1. The molecule has 14 heavy (non-hydrogen) atoms. The van der Waals surface area contributed by atoms with Crippen LogP contribution in [0.4, 0.5) is 0 Å². The van der Waals surface area contributed by atoms with Crippen LogP contribution in [0.1, 0.15) is 18.3 Å². The lowest BCUT2D eigenvalue weighted by molar-refractivity contribution is 1.01. The van der Waals surface area contributed by atoms with E-state index in [4.69, 9.17) is 11.6 Å². The minimum atomic E-state index is 0.612. The van der Waals surface area contributed by atoms with Gasteiger partial charge in [0.05, 0.1) is 11.0 Å². The molecule has 0 fully saturated rings. The van der Waals surface area contributed by atoms with Crippen LogP contribution in [0.15, 0.2) is 18.2 Å². The predicted octanol–water partition coefficient (Wildman–Crippen LogP) is 2.91. The van der Waals surface area contributed by atoms with Gasteiger partial charge in [0, 0.05) is 12.3 Å². The van der Waals surface area contributed by atoms with E-state index in [1.54, 1.807) is 0 Å². The lowest BCUT2D eigenvalue weighted by atomic mass is 10.1. The number of nitrogens with one attached hydrogen (secondary N) is 1. The number of aryl methyl sites for hydroxylation is 2.